The molecule has 0 radical (unpaired) electrons. The first-order valence-electron chi connectivity index (χ1n) is 13.7. The summed E-state index contributed by atoms with van der Waals surface area (Å²) in [7, 11) is 0. The maximum atomic E-state index is 5.62. The summed E-state index contributed by atoms with van der Waals surface area (Å²) >= 11 is 5.62. The van der Waals surface area contributed by atoms with Crippen LogP contribution in [-0.2, 0) is 4.74 Å². The van der Waals surface area contributed by atoms with Crippen molar-refractivity contribution in [3.8, 4) is 0 Å². The lowest BCUT2D eigenvalue weighted by Crippen LogP contribution is -2.47. The molecule has 3 aliphatic heterocycles. The molecule has 1 aromatic carbocycles. The van der Waals surface area contributed by atoms with Gasteiger partial charge in [-0.15, -0.1) is 0 Å². The summed E-state index contributed by atoms with van der Waals surface area (Å²) < 4.78 is 5.44. The van der Waals surface area contributed by atoms with Crippen LogP contribution in [0.5, 0.6) is 0 Å². The number of benzene rings is 1. The Bertz CT molecular complexity index is 1010. The van der Waals surface area contributed by atoms with Crippen LogP contribution in [0.1, 0.15) is 26.2 Å². The number of rotatable bonds is 7. The third-order valence-corrected chi connectivity index (χ3v) is 7.81. The fourth-order valence-electron chi connectivity index (χ4n) is 5.36. The van der Waals surface area contributed by atoms with Gasteiger partial charge in [-0.05, 0) is 50.5 Å². The lowest BCUT2D eigenvalue weighted by Gasteiger charge is -2.38. The zero-order valence-electron chi connectivity index (χ0n) is 21.9. The molecule has 9 nitrogen and oxygen atoms in total. The van der Waals surface area contributed by atoms with Gasteiger partial charge in [-0.1, -0.05) is 18.2 Å². The molecule has 1 aromatic heterocycles. The SMILES string of the molecule is C[C@@H]1CCCCN1c1cc(N2CCN(c3ccccc3)CC2)nc(NC(=S)NCCN2CCOCC2)n1. The molecule has 5 rings (SSSR count). The monoisotopic (exact) mass is 524 g/mol. The van der Waals surface area contributed by atoms with Gasteiger partial charge in [0.05, 0.1) is 13.2 Å². The predicted octanol–water partition coefficient (Wildman–Crippen LogP) is 2.80. The number of thiocarbonyl (C=S) groups is 1. The van der Waals surface area contributed by atoms with E-state index < -0.39 is 0 Å². The van der Waals surface area contributed by atoms with Gasteiger partial charge in [-0.25, -0.2) is 0 Å². The first-order valence-corrected chi connectivity index (χ1v) is 14.1. The Morgan fingerprint density at radius 3 is 2.43 bits per heavy atom. The van der Waals surface area contributed by atoms with Crippen molar-refractivity contribution < 1.29 is 4.74 Å². The van der Waals surface area contributed by atoms with Gasteiger partial charge in [0, 0.05) is 76.7 Å². The number of ether oxygens (including phenoxy) is 1. The maximum Gasteiger partial charge on any atom is 0.232 e. The Labute approximate surface area is 226 Å². The van der Waals surface area contributed by atoms with Gasteiger partial charge < -0.3 is 30.1 Å². The highest BCUT2D eigenvalue weighted by Gasteiger charge is 2.24. The number of para-hydroxylation sites is 1. The van der Waals surface area contributed by atoms with Gasteiger partial charge in [0.25, 0.3) is 0 Å². The summed E-state index contributed by atoms with van der Waals surface area (Å²) in [4.78, 5) is 19.5. The zero-order chi connectivity index (χ0) is 25.5. The lowest BCUT2D eigenvalue weighted by atomic mass is 10.0. The van der Waals surface area contributed by atoms with Gasteiger partial charge >= 0.3 is 0 Å². The first-order chi connectivity index (χ1) is 18.2. The molecule has 3 fully saturated rings. The second kappa shape index (κ2) is 12.7. The molecule has 2 N–H and O–H groups in total. The van der Waals surface area contributed by atoms with Crippen LogP contribution in [-0.4, -0.2) is 98.1 Å². The van der Waals surface area contributed by atoms with Gasteiger partial charge in [0.15, 0.2) is 5.11 Å². The van der Waals surface area contributed by atoms with Crippen LogP contribution >= 0.6 is 12.2 Å². The van der Waals surface area contributed by atoms with E-state index in [1.165, 1.54) is 24.9 Å². The van der Waals surface area contributed by atoms with Crippen LogP contribution in [0.3, 0.4) is 0 Å². The van der Waals surface area contributed by atoms with Crippen molar-refractivity contribution in [3.05, 3.63) is 36.4 Å². The van der Waals surface area contributed by atoms with Crippen LogP contribution in [0.4, 0.5) is 23.3 Å². The molecular formula is C27H40N8OS. The molecule has 10 heteroatoms. The summed E-state index contributed by atoms with van der Waals surface area (Å²) in [5, 5.41) is 7.18. The Kier molecular flexibility index (Phi) is 8.91. The van der Waals surface area contributed by atoms with Crippen LogP contribution in [0, 0.1) is 0 Å². The third kappa shape index (κ3) is 7.00. The summed E-state index contributed by atoms with van der Waals surface area (Å²) in [5.41, 5.74) is 1.28. The highest BCUT2D eigenvalue weighted by Crippen LogP contribution is 2.28. The lowest BCUT2D eigenvalue weighted by molar-refractivity contribution is 0.0389. The number of hydrogen-bond acceptors (Lipinski definition) is 8. The number of piperazine rings is 1. The van der Waals surface area contributed by atoms with Gasteiger partial charge in [0.2, 0.25) is 5.95 Å². The van der Waals surface area contributed by atoms with Crippen LogP contribution in [0.15, 0.2) is 36.4 Å². The minimum atomic E-state index is 0.470. The number of hydrogen-bond donors (Lipinski definition) is 2. The number of piperidine rings is 1. The maximum absolute atomic E-state index is 5.62. The van der Waals surface area contributed by atoms with Crippen molar-refractivity contribution >= 4 is 40.6 Å². The normalized spacial score (nSPS) is 21.1. The molecule has 37 heavy (non-hydrogen) atoms. The fourth-order valence-corrected chi connectivity index (χ4v) is 5.55. The Balaban J connectivity index is 1.26. The predicted molar refractivity (Wildman–Crippen MR) is 155 cm³/mol. The quantitative estimate of drug-likeness (QED) is 0.529. The standard InChI is InChI=1S/C27H40N8OS/c1-22-7-5-6-11-35(22)25-21-24(34-15-13-33(14-16-34)23-8-3-2-4-9-23)29-26(30-25)31-27(37)28-10-12-32-17-19-36-20-18-32/h2-4,8-9,21-22H,5-7,10-20H2,1H3,(H2,28,29,30,31,37)/t22-/m1/s1. The summed E-state index contributed by atoms with van der Waals surface area (Å²) in [6.45, 7) is 12.4. The molecule has 3 saturated heterocycles. The van der Waals surface area contributed by atoms with Crippen molar-refractivity contribution in [3.63, 3.8) is 0 Å². The van der Waals surface area contributed by atoms with Crippen LogP contribution in [0.25, 0.3) is 0 Å². The largest absolute Gasteiger partial charge is 0.379 e. The van der Waals surface area contributed by atoms with E-state index in [0.717, 1.165) is 83.8 Å². The van der Waals surface area contributed by atoms with Gasteiger partial charge in [-0.2, -0.15) is 9.97 Å². The average molecular weight is 525 g/mol. The van der Waals surface area contributed by atoms with E-state index in [1.54, 1.807) is 0 Å². The topological polar surface area (TPSA) is 72.0 Å². The molecule has 2 aromatic rings. The fraction of sp³-hybridized carbons (Fsp3) is 0.593. The van der Waals surface area contributed by atoms with Crippen molar-refractivity contribution in [1.29, 1.82) is 0 Å². The molecule has 1 atom stereocenters. The van der Waals surface area contributed by atoms with E-state index in [9.17, 15) is 0 Å². The van der Waals surface area contributed by atoms with Gasteiger partial charge in [-0.3, -0.25) is 4.90 Å². The first kappa shape index (κ1) is 25.9. The summed E-state index contributed by atoms with van der Waals surface area (Å²) in [6, 6.07) is 13.3. The van der Waals surface area contributed by atoms with Crippen molar-refractivity contribution in [2.24, 2.45) is 0 Å². The number of aromatic nitrogens is 2. The smallest absolute Gasteiger partial charge is 0.232 e. The second-order valence-electron chi connectivity index (χ2n) is 10.1. The highest BCUT2D eigenvalue weighted by atomic mass is 32.1. The molecule has 0 bridgehead atoms. The van der Waals surface area contributed by atoms with Gasteiger partial charge in [0.1, 0.15) is 11.6 Å². The second-order valence-corrected chi connectivity index (χ2v) is 10.5. The van der Waals surface area contributed by atoms with E-state index in [4.69, 9.17) is 26.9 Å². The van der Waals surface area contributed by atoms with Crippen molar-refractivity contribution in [2.45, 2.75) is 32.2 Å². The highest BCUT2D eigenvalue weighted by molar-refractivity contribution is 7.80. The Hall–Kier alpha value is -2.69. The van der Waals surface area contributed by atoms with E-state index in [-0.39, 0.29) is 0 Å². The van der Waals surface area contributed by atoms with E-state index in [0.29, 0.717) is 17.1 Å². The van der Waals surface area contributed by atoms with E-state index >= 15 is 0 Å². The Morgan fingerprint density at radius 2 is 1.68 bits per heavy atom. The average Bonchev–Trinajstić information content (AvgIpc) is 2.94. The molecule has 4 heterocycles. The zero-order valence-corrected chi connectivity index (χ0v) is 22.8. The molecule has 3 aliphatic rings. The number of anilines is 4. The van der Waals surface area contributed by atoms with E-state index in [1.807, 2.05) is 0 Å². The summed E-state index contributed by atoms with van der Waals surface area (Å²) in [5.74, 6) is 2.52. The molecule has 0 amide bonds. The number of nitrogens with zero attached hydrogens (tertiary/aromatic N) is 6. The molecular weight excluding hydrogens is 484 g/mol. The molecule has 0 unspecified atom stereocenters. The minimum absolute atomic E-state index is 0.470. The molecule has 0 aliphatic carbocycles. The number of nitrogens with one attached hydrogen (secondary N) is 2. The molecule has 0 spiro atoms. The van der Waals surface area contributed by atoms with Crippen molar-refractivity contribution in [1.82, 2.24) is 20.2 Å². The minimum Gasteiger partial charge on any atom is -0.379 e. The van der Waals surface area contributed by atoms with Crippen molar-refractivity contribution in [2.75, 3.05) is 92.1 Å². The Morgan fingerprint density at radius 1 is 0.946 bits per heavy atom. The van der Waals surface area contributed by atoms with E-state index in [2.05, 4.69) is 73.6 Å². The number of morpholine rings is 1. The third-order valence-electron chi connectivity index (χ3n) is 7.56. The molecule has 0 saturated carbocycles. The molecule has 200 valence electrons. The summed E-state index contributed by atoms with van der Waals surface area (Å²) in [6.07, 6.45) is 3.67. The van der Waals surface area contributed by atoms with Crippen LogP contribution < -0.4 is 25.3 Å². The van der Waals surface area contributed by atoms with Crippen LogP contribution in [0.2, 0.25) is 0 Å².